The third kappa shape index (κ3) is 3.20. The summed E-state index contributed by atoms with van der Waals surface area (Å²) >= 11 is 1.61. The van der Waals surface area contributed by atoms with Crippen LogP contribution in [0, 0.1) is 5.92 Å². The van der Waals surface area contributed by atoms with Crippen LogP contribution in [0.4, 0.5) is 0 Å². The summed E-state index contributed by atoms with van der Waals surface area (Å²) in [5.41, 5.74) is 9.97. The van der Waals surface area contributed by atoms with Crippen LogP contribution in [-0.4, -0.2) is 31.5 Å². The average molecular weight is 377 g/mol. The van der Waals surface area contributed by atoms with Crippen molar-refractivity contribution >= 4 is 38.7 Å². The summed E-state index contributed by atoms with van der Waals surface area (Å²) in [4.78, 5) is 15.1. The minimum atomic E-state index is -2.40. The van der Waals surface area contributed by atoms with Crippen molar-refractivity contribution in [3.63, 3.8) is 0 Å². The third-order valence-corrected chi connectivity index (χ3v) is 7.44. The van der Waals surface area contributed by atoms with E-state index < -0.39 is 16.5 Å². The minimum Gasteiger partial charge on any atom is -0.366 e. The largest absolute Gasteiger partial charge is 0.366 e. The molecule has 0 saturated carbocycles. The number of nitrogens with one attached hydrogen (secondary N) is 1. The molecule has 1 saturated heterocycles. The van der Waals surface area contributed by atoms with Crippen molar-refractivity contribution in [2.45, 2.75) is 12.8 Å². The van der Waals surface area contributed by atoms with Gasteiger partial charge in [-0.15, -0.1) is 0 Å². The van der Waals surface area contributed by atoms with Crippen molar-refractivity contribution < 1.29 is 13.9 Å². The molecule has 0 radical (unpaired) electrons. The number of hydrogen-bond acceptors (Lipinski definition) is 4. The van der Waals surface area contributed by atoms with Crippen molar-refractivity contribution in [1.82, 2.24) is 4.98 Å². The second-order valence-electron chi connectivity index (χ2n) is 6.67. The molecule has 0 bridgehead atoms. The van der Waals surface area contributed by atoms with E-state index in [0.717, 1.165) is 40.4 Å². The molecule has 1 aliphatic rings. The van der Waals surface area contributed by atoms with Crippen LogP contribution >= 0.6 is 21.9 Å². The van der Waals surface area contributed by atoms with Gasteiger partial charge < -0.3 is 10.7 Å². The quantitative estimate of drug-likeness (QED) is 0.546. The Hall–Kier alpha value is -1.80. The molecule has 7 heteroatoms. The van der Waals surface area contributed by atoms with Crippen molar-refractivity contribution in [3.8, 4) is 11.1 Å². The van der Waals surface area contributed by atoms with Crippen LogP contribution in [-0.2, 0) is 6.42 Å². The maximum atomic E-state index is 11.9. The number of hydrogen-bond donors (Lipinski definition) is 4. The first-order valence-electron chi connectivity index (χ1n) is 8.13. The molecule has 0 aliphatic carbocycles. The number of amides is 1. The van der Waals surface area contributed by atoms with E-state index in [1.54, 1.807) is 11.3 Å². The van der Waals surface area contributed by atoms with E-state index in [1.165, 1.54) is 0 Å². The van der Waals surface area contributed by atoms with Crippen LogP contribution in [0.3, 0.4) is 0 Å². The van der Waals surface area contributed by atoms with Crippen LogP contribution in [0.15, 0.2) is 35.2 Å². The van der Waals surface area contributed by atoms with Crippen LogP contribution in [0.5, 0.6) is 0 Å². The Bertz CT molecular complexity index is 931. The smallest absolute Gasteiger partial charge is 0.250 e. The maximum absolute atomic E-state index is 11.9. The molecule has 1 atom stereocenters. The Morgan fingerprint density at radius 3 is 2.84 bits per heavy atom. The van der Waals surface area contributed by atoms with Gasteiger partial charge >= 0.3 is 0 Å². The molecule has 1 amide bonds. The number of aromatic nitrogens is 1. The summed E-state index contributed by atoms with van der Waals surface area (Å²) in [6.07, 6.45) is 3.50. The lowest BCUT2D eigenvalue weighted by Gasteiger charge is -2.26. The van der Waals surface area contributed by atoms with Crippen molar-refractivity contribution in [1.29, 1.82) is 0 Å². The van der Waals surface area contributed by atoms with Gasteiger partial charge in [0.2, 0.25) is 0 Å². The van der Waals surface area contributed by atoms with Gasteiger partial charge in [-0.25, -0.2) is 0 Å². The maximum Gasteiger partial charge on any atom is 0.250 e. The lowest BCUT2D eigenvalue weighted by Crippen LogP contribution is -2.11. The van der Waals surface area contributed by atoms with Gasteiger partial charge in [0, 0.05) is 23.1 Å². The highest BCUT2D eigenvalue weighted by Gasteiger charge is 2.29. The fraction of sp³-hybridized carbons (Fsp3) is 0.278. The molecule has 0 spiro atoms. The predicted molar refractivity (Wildman–Crippen MR) is 105 cm³/mol. The van der Waals surface area contributed by atoms with Gasteiger partial charge in [0.1, 0.15) is 0 Å². The molecule has 1 aromatic carbocycles. The normalized spacial score (nSPS) is 20.8. The molecule has 3 heterocycles. The van der Waals surface area contributed by atoms with Gasteiger partial charge in [0.05, 0.1) is 11.1 Å². The van der Waals surface area contributed by atoms with E-state index in [-0.39, 0.29) is 5.92 Å². The Labute approximate surface area is 151 Å². The van der Waals surface area contributed by atoms with Crippen LogP contribution in [0.2, 0.25) is 0 Å². The molecule has 1 fully saturated rings. The summed E-state index contributed by atoms with van der Waals surface area (Å²) in [7, 11) is -2.40. The summed E-state index contributed by atoms with van der Waals surface area (Å²) in [5, 5.41) is 5.04. The van der Waals surface area contributed by atoms with Gasteiger partial charge in [-0.05, 0) is 64.4 Å². The molecular weight excluding hydrogens is 356 g/mol. The third-order valence-electron chi connectivity index (χ3n) is 4.86. The zero-order chi connectivity index (χ0) is 17.6. The molecule has 1 unspecified atom stereocenters. The molecular formula is C18H20N2O3S2. The summed E-state index contributed by atoms with van der Waals surface area (Å²) in [6, 6.07) is 5.94. The van der Waals surface area contributed by atoms with Gasteiger partial charge in [0.25, 0.3) is 5.91 Å². The first kappa shape index (κ1) is 16.7. The topological polar surface area (TPSA) is 99.3 Å². The van der Waals surface area contributed by atoms with E-state index in [9.17, 15) is 13.9 Å². The molecule has 25 heavy (non-hydrogen) atoms. The monoisotopic (exact) mass is 376 g/mol. The molecule has 2 aromatic heterocycles. The standard InChI is InChI=1S/C18H20N2O3S2/c19-18(21)16-7-13(12-1-3-24-9-12)6-15-14(8-20-17(15)16)5-11-2-4-25(22,23)10-11/h1,3,6-9,11,20,22-23H,2,4-5,10H2,(H2,19,21). The number of H-pyrrole nitrogens is 1. The van der Waals surface area contributed by atoms with Crippen molar-refractivity contribution in [3.05, 3.63) is 46.3 Å². The molecule has 4 rings (SSSR count). The van der Waals surface area contributed by atoms with Gasteiger partial charge in [0.15, 0.2) is 0 Å². The van der Waals surface area contributed by atoms with E-state index in [4.69, 9.17) is 5.73 Å². The van der Waals surface area contributed by atoms with Crippen molar-refractivity contribution in [2.75, 3.05) is 11.5 Å². The Morgan fingerprint density at radius 1 is 1.36 bits per heavy atom. The highest BCUT2D eigenvalue weighted by Crippen LogP contribution is 2.49. The predicted octanol–water partition coefficient (Wildman–Crippen LogP) is 4.31. The second-order valence-corrected chi connectivity index (χ2v) is 9.79. The Balaban J connectivity index is 1.77. The van der Waals surface area contributed by atoms with E-state index in [2.05, 4.69) is 11.1 Å². The molecule has 3 aromatic rings. The summed E-state index contributed by atoms with van der Waals surface area (Å²) in [5.74, 6) is 0.760. The average Bonchev–Trinajstić information content (AvgIpc) is 3.27. The van der Waals surface area contributed by atoms with Crippen molar-refractivity contribution in [2.24, 2.45) is 11.7 Å². The zero-order valence-corrected chi connectivity index (χ0v) is 15.2. The molecule has 132 valence electrons. The molecule has 5 N–H and O–H groups in total. The number of aromatic amines is 1. The van der Waals surface area contributed by atoms with Crippen LogP contribution in [0.1, 0.15) is 22.3 Å². The number of nitrogens with two attached hydrogens (primary N) is 1. The van der Waals surface area contributed by atoms with Crippen LogP contribution in [0.25, 0.3) is 22.0 Å². The lowest BCUT2D eigenvalue weighted by atomic mass is 9.95. The van der Waals surface area contributed by atoms with Gasteiger partial charge in [-0.2, -0.15) is 21.9 Å². The van der Waals surface area contributed by atoms with Gasteiger partial charge in [-0.1, -0.05) is 0 Å². The number of benzene rings is 1. The Morgan fingerprint density at radius 2 is 2.20 bits per heavy atom. The number of rotatable bonds is 4. The van der Waals surface area contributed by atoms with E-state index in [1.807, 2.05) is 29.1 Å². The number of carbonyl (C=O) groups is 1. The van der Waals surface area contributed by atoms with E-state index >= 15 is 0 Å². The minimum absolute atomic E-state index is 0.255. The Kier molecular flexibility index (Phi) is 4.11. The number of thiophene rings is 1. The van der Waals surface area contributed by atoms with Gasteiger partial charge in [-0.3, -0.25) is 13.9 Å². The fourth-order valence-corrected chi connectivity index (χ4v) is 6.20. The number of fused-ring (bicyclic) bond motifs is 1. The number of primary amides is 1. The highest BCUT2D eigenvalue weighted by molar-refractivity contribution is 8.24. The summed E-state index contributed by atoms with van der Waals surface area (Å²) in [6.45, 7) is 0. The first-order valence-corrected chi connectivity index (χ1v) is 11.0. The second kappa shape index (κ2) is 6.17. The molecule has 1 aliphatic heterocycles. The van der Waals surface area contributed by atoms with Crippen LogP contribution < -0.4 is 5.73 Å². The SMILES string of the molecule is NC(=O)c1cc(-c2ccsc2)cc2c(CC3CCS(O)(O)C3)c[nH]c12. The zero-order valence-electron chi connectivity index (χ0n) is 13.6. The fourth-order valence-electron chi connectivity index (χ4n) is 3.62. The highest BCUT2D eigenvalue weighted by atomic mass is 32.3. The molecule has 5 nitrogen and oxygen atoms in total. The lowest BCUT2D eigenvalue weighted by molar-refractivity contribution is 0.100. The summed E-state index contributed by atoms with van der Waals surface area (Å²) < 4.78 is 19.7. The number of carbonyl (C=O) groups excluding carboxylic acids is 1. The van der Waals surface area contributed by atoms with E-state index in [0.29, 0.717) is 17.1 Å². The first-order chi connectivity index (χ1) is 11.9.